The summed E-state index contributed by atoms with van der Waals surface area (Å²) in [7, 11) is 0. The van der Waals surface area contributed by atoms with Gasteiger partial charge in [-0.3, -0.25) is 0 Å². The van der Waals surface area contributed by atoms with Crippen LogP contribution in [0.2, 0.25) is 0 Å². The minimum absolute atomic E-state index is 0.151. The number of rotatable bonds is 6. The number of ether oxygens (including phenoxy) is 4. The molecular formula is C24H30O11. The van der Waals surface area contributed by atoms with E-state index in [1.165, 1.54) is 19.1 Å². The van der Waals surface area contributed by atoms with E-state index in [0.29, 0.717) is 0 Å². The van der Waals surface area contributed by atoms with Crippen molar-refractivity contribution in [3.05, 3.63) is 54.3 Å². The molecule has 6 N–H and O–H groups in total. The Balaban J connectivity index is 1.55. The van der Waals surface area contributed by atoms with E-state index in [1.807, 2.05) is 18.2 Å². The van der Waals surface area contributed by atoms with Crippen molar-refractivity contribution in [2.45, 2.75) is 67.6 Å². The molecule has 0 radical (unpaired) electrons. The molecule has 1 saturated heterocycles. The normalized spacial score (nSPS) is 43.1. The van der Waals surface area contributed by atoms with E-state index >= 15 is 0 Å². The molecule has 0 amide bonds. The van der Waals surface area contributed by atoms with Crippen molar-refractivity contribution in [1.29, 1.82) is 0 Å². The molecule has 11 nitrogen and oxygen atoms in total. The van der Waals surface area contributed by atoms with Gasteiger partial charge in [0.1, 0.15) is 35.6 Å². The van der Waals surface area contributed by atoms with Crippen molar-refractivity contribution in [2.75, 3.05) is 6.61 Å². The van der Waals surface area contributed by atoms with Crippen LogP contribution in [0, 0.1) is 5.92 Å². The summed E-state index contributed by atoms with van der Waals surface area (Å²) in [5.74, 6) is -1.90. The largest absolute Gasteiger partial charge is 0.472 e. The molecule has 0 unspecified atom stereocenters. The molecule has 1 saturated carbocycles. The van der Waals surface area contributed by atoms with Gasteiger partial charge in [-0.05, 0) is 24.6 Å². The Morgan fingerprint density at radius 3 is 2.51 bits per heavy atom. The summed E-state index contributed by atoms with van der Waals surface area (Å²) in [4.78, 5) is 12.6. The van der Waals surface area contributed by atoms with E-state index in [1.54, 1.807) is 18.2 Å². The SMILES string of the molecule is C[C@]1(OC(=O)C=Cc2ccccc2)C[C@@H](O)[C@@]2(O)C=CO[C@@H](O[C@@H]3O[C@H](CO)[C@@H](O)[C@H](O)[C@H]3O)[C@@H]21. The van der Waals surface area contributed by atoms with E-state index in [0.717, 1.165) is 11.8 Å². The lowest BCUT2D eigenvalue weighted by Gasteiger charge is -2.45. The van der Waals surface area contributed by atoms with Gasteiger partial charge in [-0.1, -0.05) is 30.3 Å². The van der Waals surface area contributed by atoms with E-state index in [9.17, 15) is 35.4 Å². The van der Waals surface area contributed by atoms with Gasteiger partial charge >= 0.3 is 5.97 Å². The van der Waals surface area contributed by atoms with Crippen molar-refractivity contribution in [3.63, 3.8) is 0 Å². The summed E-state index contributed by atoms with van der Waals surface area (Å²) in [6.45, 7) is 0.852. The van der Waals surface area contributed by atoms with Crippen LogP contribution in [-0.4, -0.2) is 97.5 Å². The molecule has 1 aliphatic carbocycles. The molecule has 3 aliphatic rings. The number of hydrogen-bond acceptors (Lipinski definition) is 11. The topological polar surface area (TPSA) is 175 Å². The molecule has 192 valence electrons. The Labute approximate surface area is 201 Å². The summed E-state index contributed by atoms with van der Waals surface area (Å²) >= 11 is 0. The molecule has 0 spiro atoms. The molecule has 1 aromatic rings. The predicted octanol–water partition coefficient (Wildman–Crippen LogP) is -1.20. The fourth-order valence-electron chi connectivity index (χ4n) is 4.92. The average Bonchev–Trinajstić information content (AvgIpc) is 3.03. The molecule has 2 fully saturated rings. The lowest BCUT2D eigenvalue weighted by atomic mass is 9.81. The monoisotopic (exact) mass is 494 g/mol. The molecule has 10 atom stereocenters. The van der Waals surface area contributed by atoms with Gasteiger partial charge in [0.05, 0.1) is 24.9 Å². The molecule has 2 aliphatic heterocycles. The number of aliphatic hydroxyl groups excluding tert-OH is 5. The van der Waals surface area contributed by atoms with Crippen molar-refractivity contribution < 1.29 is 54.4 Å². The molecule has 35 heavy (non-hydrogen) atoms. The first kappa shape index (κ1) is 25.7. The van der Waals surface area contributed by atoms with Gasteiger partial charge in [-0.15, -0.1) is 0 Å². The Morgan fingerprint density at radius 2 is 1.83 bits per heavy atom. The van der Waals surface area contributed by atoms with Gasteiger partial charge < -0.3 is 49.6 Å². The Hall–Kier alpha value is -2.35. The van der Waals surface area contributed by atoms with E-state index in [-0.39, 0.29) is 6.42 Å². The van der Waals surface area contributed by atoms with Crippen molar-refractivity contribution >= 4 is 12.0 Å². The average molecular weight is 494 g/mol. The second-order valence-corrected chi connectivity index (χ2v) is 9.20. The fourth-order valence-corrected chi connectivity index (χ4v) is 4.92. The van der Waals surface area contributed by atoms with Crippen LogP contribution in [-0.2, 0) is 23.7 Å². The van der Waals surface area contributed by atoms with Crippen molar-refractivity contribution in [3.8, 4) is 0 Å². The van der Waals surface area contributed by atoms with Crippen LogP contribution >= 0.6 is 0 Å². The Morgan fingerprint density at radius 1 is 1.11 bits per heavy atom. The smallest absolute Gasteiger partial charge is 0.331 e. The van der Waals surface area contributed by atoms with Crippen molar-refractivity contribution in [2.24, 2.45) is 5.92 Å². The standard InChI is InChI=1S/C24H30O11/c1-23(35-16(27)8-7-13-5-3-2-4-6-13)11-15(26)24(31)9-10-32-22(20(23)24)34-21-19(30)18(29)17(28)14(12-25)33-21/h2-10,14-15,17-22,25-26,28-31H,11-12H2,1H3/t14-,15-,17-,18+,19-,20-,21+,22+,23+,24+/m1/s1. The third kappa shape index (κ3) is 4.86. The zero-order valence-corrected chi connectivity index (χ0v) is 19.0. The number of aliphatic hydroxyl groups is 6. The zero-order valence-electron chi connectivity index (χ0n) is 19.0. The maximum Gasteiger partial charge on any atom is 0.331 e. The third-order valence-corrected chi connectivity index (χ3v) is 6.77. The summed E-state index contributed by atoms with van der Waals surface area (Å²) in [6, 6.07) is 9.06. The molecule has 0 bridgehead atoms. The highest BCUT2D eigenvalue weighted by atomic mass is 16.8. The first-order valence-electron chi connectivity index (χ1n) is 11.2. The van der Waals surface area contributed by atoms with Gasteiger partial charge in [0.2, 0.25) is 6.29 Å². The fraction of sp³-hybridized carbons (Fsp3) is 0.542. The van der Waals surface area contributed by atoms with Crippen molar-refractivity contribution in [1.82, 2.24) is 0 Å². The highest BCUT2D eigenvalue weighted by Gasteiger charge is 2.66. The number of fused-ring (bicyclic) bond motifs is 1. The first-order valence-corrected chi connectivity index (χ1v) is 11.2. The highest BCUT2D eigenvalue weighted by Crippen LogP contribution is 2.51. The number of esters is 1. The zero-order chi connectivity index (χ0) is 25.4. The number of carbonyl (C=O) groups is 1. The lowest BCUT2D eigenvalue weighted by molar-refractivity contribution is -0.351. The highest BCUT2D eigenvalue weighted by molar-refractivity contribution is 5.87. The molecule has 4 rings (SSSR count). The number of carbonyl (C=O) groups excluding carboxylic acids is 1. The van der Waals surface area contributed by atoms with Gasteiger partial charge in [-0.2, -0.15) is 0 Å². The van der Waals surface area contributed by atoms with E-state index in [4.69, 9.17) is 18.9 Å². The summed E-state index contributed by atoms with van der Waals surface area (Å²) in [6.07, 6.45) is -5.57. The molecule has 2 heterocycles. The maximum absolute atomic E-state index is 12.6. The third-order valence-electron chi connectivity index (χ3n) is 6.77. The lowest BCUT2D eigenvalue weighted by Crippen LogP contribution is -2.62. The summed E-state index contributed by atoms with van der Waals surface area (Å²) in [5, 5.41) is 61.7. The van der Waals surface area contributed by atoms with Crippen LogP contribution < -0.4 is 0 Å². The van der Waals surface area contributed by atoms with Gasteiger partial charge in [0.25, 0.3) is 0 Å². The number of benzene rings is 1. The second kappa shape index (κ2) is 9.96. The van der Waals surface area contributed by atoms with Crippen LogP contribution in [0.15, 0.2) is 48.7 Å². The molecule has 1 aromatic carbocycles. The summed E-state index contributed by atoms with van der Waals surface area (Å²) in [5.41, 5.74) is -2.62. The van der Waals surface area contributed by atoms with Crippen LogP contribution in [0.25, 0.3) is 6.08 Å². The maximum atomic E-state index is 12.6. The quantitative estimate of drug-likeness (QED) is 0.207. The second-order valence-electron chi connectivity index (χ2n) is 9.20. The molecule has 11 heteroatoms. The Kier molecular flexibility index (Phi) is 7.32. The van der Waals surface area contributed by atoms with Gasteiger partial charge in [0, 0.05) is 12.5 Å². The predicted molar refractivity (Wildman–Crippen MR) is 118 cm³/mol. The first-order chi connectivity index (χ1) is 16.6. The Bertz CT molecular complexity index is 950. The van der Waals surface area contributed by atoms with Crippen LogP contribution in [0.4, 0.5) is 0 Å². The van der Waals surface area contributed by atoms with E-state index < -0.39 is 72.8 Å². The van der Waals surface area contributed by atoms with Crippen LogP contribution in [0.3, 0.4) is 0 Å². The summed E-state index contributed by atoms with van der Waals surface area (Å²) < 4.78 is 22.3. The van der Waals surface area contributed by atoms with E-state index in [2.05, 4.69) is 0 Å². The van der Waals surface area contributed by atoms with Gasteiger partial charge in [-0.25, -0.2) is 4.79 Å². The number of hydrogen-bond donors (Lipinski definition) is 6. The minimum atomic E-state index is -1.91. The van der Waals surface area contributed by atoms with Crippen LogP contribution in [0.1, 0.15) is 18.9 Å². The minimum Gasteiger partial charge on any atom is -0.472 e. The molecule has 0 aromatic heterocycles. The van der Waals surface area contributed by atoms with Gasteiger partial charge in [0.15, 0.2) is 6.29 Å². The van der Waals surface area contributed by atoms with Crippen LogP contribution in [0.5, 0.6) is 0 Å². The molecular weight excluding hydrogens is 464 g/mol.